The molecule has 0 saturated carbocycles. The van der Waals surface area contributed by atoms with Crippen molar-refractivity contribution in [3.05, 3.63) is 76.1 Å². The Balaban J connectivity index is 1.60. The van der Waals surface area contributed by atoms with Gasteiger partial charge in [0.25, 0.3) is 0 Å². The molecule has 0 aliphatic heterocycles. The van der Waals surface area contributed by atoms with Crippen LogP contribution in [0.1, 0.15) is 28.9 Å². The minimum atomic E-state index is 0.0631. The Kier molecular flexibility index (Phi) is 6.39. The van der Waals surface area contributed by atoms with Crippen LogP contribution < -0.4 is 4.90 Å². The van der Waals surface area contributed by atoms with Crippen LogP contribution in [0.3, 0.4) is 0 Å². The number of aromatic nitrogens is 3. The van der Waals surface area contributed by atoms with Crippen LogP contribution >= 0.6 is 22.9 Å². The summed E-state index contributed by atoms with van der Waals surface area (Å²) >= 11 is 7.75. The Labute approximate surface area is 191 Å². The number of carbonyl (C=O) groups is 1. The first-order valence-corrected chi connectivity index (χ1v) is 11.5. The lowest BCUT2D eigenvalue weighted by Gasteiger charge is -2.20. The lowest BCUT2D eigenvalue weighted by Crippen LogP contribution is -2.34. The molecule has 7 heteroatoms. The molecule has 1 amide bonds. The summed E-state index contributed by atoms with van der Waals surface area (Å²) in [6, 6.07) is 16.0. The van der Waals surface area contributed by atoms with Gasteiger partial charge in [-0.05, 0) is 56.5 Å². The average Bonchev–Trinajstić information content (AvgIpc) is 3.30. The summed E-state index contributed by atoms with van der Waals surface area (Å²) in [5, 5.41) is 5.93. The van der Waals surface area contributed by atoms with Crippen molar-refractivity contribution >= 4 is 44.2 Å². The first-order valence-electron chi connectivity index (χ1n) is 10.3. The van der Waals surface area contributed by atoms with Gasteiger partial charge in [-0.2, -0.15) is 5.10 Å². The molecule has 160 valence electrons. The standard InChI is InChI=1S/C24H25ClN4OS/c1-16-13-20(25)15-21-23(16)26-24(31-21)28(11-12-29-18(3)14-17(2)27-29)22(30)10-9-19-7-5-4-6-8-19/h4-8,13-15H,9-12H2,1-3H3. The van der Waals surface area contributed by atoms with Crippen molar-refractivity contribution in [2.45, 2.75) is 40.2 Å². The second-order valence-corrected chi connectivity index (χ2v) is 9.19. The van der Waals surface area contributed by atoms with Gasteiger partial charge in [0.1, 0.15) is 0 Å². The first-order chi connectivity index (χ1) is 14.9. The number of fused-ring (bicyclic) bond motifs is 1. The molecule has 2 aromatic heterocycles. The molecule has 4 aromatic rings. The van der Waals surface area contributed by atoms with E-state index in [9.17, 15) is 4.79 Å². The van der Waals surface area contributed by atoms with Crippen molar-refractivity contribution in [3.8, 4) is 0 Å². The molecule has 0 N–H and O–H groups in total. The number of anilines is 1. The summed E-state index contributed by atoms with van der Waals surface area (Å²) in [6.07, 6.45) is 1.13. The van der Waals surface area contributed by atoms with E-state index in [0.717, 1.165) is 32.7 Å². The zero-order valence-electron chi connectivity index (χ0n) is 17.9. The predicted molar refractivity (Wildman–Crippen MR) is 128 cm³/mol. The molecular weight excluding hydrogens is 428 g/mol. The fraction of sp³-hybridized carbons (Fsp3) is 0.292. The summed E-state index contributed by atoms with van der Waals surface area (Å²) in [5.74, 6) is 0.0631. The molecule has 0 aliphatic rings. The zero-order valence-corrected chi connectivity index (χ0v) is 19.5. The van der Waals surface area contributed by atoms with Crippen LogP contribution in [-0.4, -0.2) is 27.2 Å². The van der Waals surface area contributed by atoms with Crippen molar-refractivity contribution in [2.24, 2.45) is 0 Å². The van der Waals surface area contributed by atoms with E-state index in [0.29, 0.717) is 36.1 Å². The van der Waals surface area contributed by atoms with E-state index >= 15 is 0 Å². The minimum absolute atomic E-state index is 0.0631. The van der Waals surface area contributed by atoms with Crippen molar-refractivity contribution in [1.82, 2.24) is 14.8 Å². The number of hydrogen-bond acceptors (Lipinski definition) is 4. The molecule has 0 saturated heterocycles. The molecule has 5 nitrogen and oxygen atoms in total. The van der Waals surface area contributed by atoms with E-state index in [4.69, 9.17) is 16.6 Å². The maximum atomic E-state index is 13.3. The quantitative estimate of drug-likeness (QED) is 0.359. The van der Waals surface area contributed by atoms with E-state index in [1.165, 1.54) is 11.3 Å². The van der Waals surface area contributed by atoms with Crippen LogP contribution in [0.25, 0.3) is 10.2 Å². The van der Waals surface area contributed by atoms with E-state index in [1.54, 1.807) is 4.90 Å². The SMILES string of the molecule is Cc1cc(C)n(CCN(C(=O)CCc2ccccc2)c2nc3c(C)cc(Cl)cc3s2)n1. The fourth-order valence-corrected chi connectivity index (χ4v) is 5.18. The zero-order chi connectivity index (χ0) is 22.0. The van der Waals surface area contributed by atoms with E-state index in [-0.39, 0.29) is 5.91 Å². The summed E-state index contributed by atoms with van der Waals surface area (Å²) in [7, 11) is 0. The van der Waals surface area contributed by atoms with Crippen LogP contribution in [0.4, 0.5) is 5.13 Å². The van der Waals surface area contributed by atoms with Crippen LogP contribution in [-0.2, 0) is 17.8 Å². The summed E-state index contributed by atoms with van der Waals surface area (Å²) in [4.78, 5) is 19.9. The van der Waals surface area contributed by atoms with Gasteiger partial charge in [-0.3, -0.25) is 14.4 Å². The van der Waals surface area contributed by atoms with Crippen LogP contribution in [0.15, 0.2) is 48.5 Å². The number of halogens is 1. The number of carbonyl (C=O) groups excluding carboxylic acids is 1. The van der Waals surface area contributed by atoms with Gasteiger partial charge >= 0.3 is 0 Å². The second-order valence-electron chi connectivity index (χ2n) is 7.75. The highest BCUT2D eigenvalue weighted by Gasteiger charge is 2.21. The monoisotopic (exact) mass is 452 g/mol. The van der Waals surface area contributed by atoms with E-state index < -0.39 is 0 Å². The van der Waals surface area contributed by atoms with Crippen molar-refractivity contribution < 1.29 is 4.79 Å². The normalized spacial score (nSPS) is 11.2. The van der Waals surface area contributed by atoms with Crippen LogP contribution in [0.2, 0.25) is 5.02 Å². The lowest BCUT2D eigenvalue weighted by molar-refractivity contribution is -0.118. The molecule has 0 bridgehead atoms. The molecule has 0 spiro atoms. The third-order valence-electron chi connectivity index (χ3n) is 5.28. The number of amides is 1. The lowest BCUT2D eigenvalue weighted by atomic mass is 10.1. The number of thiazole rings is 1. The molecule has 0 radical (unpaired) electrons. The Morgan fingerprint density at radius 3 is 2.61 bits per heavy atom. The number of hydrogen-bond donors (Lipinski definition) is 0. The van der Waals surface area contributed by atoms with E-state index in [2.05, 4.69) is 17.2 Å². The van der Waals surface area contributed by atoms with Gasteiger partial charge < -0.3 is 0 Å². The largest absolute Gasteiger partial charge is 0.286 e. The maximum Gasteiger partial charge on any atom is 0.229 e. The average molecular weight is 453 g/mol. The molecule has 0 atom stereocenters. The molecule has 4 rings (SSSR count). The second kappa shape index (κ2) is 9.20. The Morgan fingerprint density at radius 2 is 1.90 bits per heavy atom. The highest BCUT2D eigenvalue weighted by atomic mass is 35.5. The summed E-state index contributed by atoms with van der Waals surface area (Å²) < 4.78 is 2.94. The topological polar surface area (TPSA) is 51.0 Å². The Hall–Kier alpha value is -2.70. The summed E-state index contributed by atoms with van der Waals surface area (Å²) in [5.41, 5.74) is 5.13. The Bertz CT molecular complexity index is 1220. The van der Waals surface area contributed by atoms with Gasteiger partial charge in [-0.15, -0.1) is 0 Å². The first kappa shape index (κ1) is 21.5. The van der Waals surface area contributed by atoms with Crippen molar-refractivity contribution in [1.29, 1.82) is 0 Å². The van der Waals surface area contributed by atoms with Gasteiger partial charge in [-0.1, -0.05) is 53.3 Å². The van der Waals surface area contributed by atoms with E-state index in [1.807, 2.05) is 61.9 Å². The molecule has 0 unspecified atom stereocenters. The smallest absolute Gasteiger partial charge is 0.229 e. The van der Waals surface area contributed by atoms with Gasteiger partial charge in [0, 0.05) is 23.7 Å². The molecule has 31 heavy (non-hydrogen) atoms. The van der Waals surface area contributed by atoms with Gasteiger partial charge in [0.05, 0.1) is 22.5 Å². The van der Waals surface area contributed by atoms with Crippen LogP contribution in [0, 0.1) is 20.8 Å². The fourth-order valence-electron chi connectivity index (χ4n) is 3.71. The highest BCUT2D eigenvalue weighted by molar-refractivity contribution is 7.22. The third kappa shape index (κ3) is 4.97. The number of aryl methyl sites for hydroxylation is 4. The predicted octanol–water partition coefficient (Wildman–Crippen LogP) is 5.74. The maximum absolute atomic E-state index is 13.3. The summed E-state index contributed by atoms with van der Waals surface area (Å²) in [6.45, 7) is 7.14. The number of rotatable bonds is 7. The Morgan fingerprint density at radius 1 is 1.13 bits per heavy atom. The van der Waals surface area contributed by atoms with Gasteiger partial charge in [0.2, 0.25) is 5.91 Å². The molecule has 2 heterocycles. The van der Waals surface area contributed by atoms with Crippen molar-refractivity contribution in [2.75, 3.05) is 11.4 Å². The molecule has 0 aliphatic carbocycles. The molecule has 2 aromatic carbocycles. The minimum Gasteiger partial charge on any atom is -0.286 e. The highest BCUT2D eigenvalue weighted by Crippen LogP contribution is 2.33. The molecule has 0 fully saturated rings. The van der Waals surface area contributed by atoms with Gasteiger partial charge in [0.15, 0.2) is 5.13 Å². The number of benzene rings is 2. The van der Waals surface area contributed by atoms with Gasteiger partial charge in [-0.25, -0.2) is 4.98 Å². The van der Waals surface area contributed by atoms with Crippen LogP contribution in [0.5, 0.6) is 0 Å². The van der Waals surface area contributed by atoms with Crippen molar-refractivity contribution in [3.63, 3.8) is 0 Å². The third-order valence-corrected chi connectivity index (χ3v) is 6.52. The number of nitrogens with zero attached hydrogens (tertiary/aromatic N) is 4. The molecular formula is C24H25ClN4OS.